The number of carbonyl (C=O) groups excluding carboxylic acids is 1. The van der Waals surface area contributed by atoms with E-state index in [2.05, 4.69) is 0 Å². The highest BCUT2D eigenvalue weighted by Gasteiger charge is 2.20. The van der Waals surface area contributed by atoms with E-state index in [0.717, 1.165) is 0 Å². The molecule has 19 heavy (non-hydrogen) atoms. The van der Waals surface area contributed by atoms with E-state index < -0.39 is 21.4 Å². The van der Waals surface area contributed by atoms with Gasteiger partial charge in [-0.2, -0.15) is 0 Å². The van der Waals surface area contributed by atoms with E-state index in [-0.39, 0.29) is 12.4 Å². The van der Waals surface area contributed by atoms with Gasteiger partial charge >= 0.3 is 0 Å². The molecule has 0 aliphatic rings. The number of benzene rings is 1. The van der Waals surface area contributed by atoms with Crippen LogP contribution < -0.4 is 4.74 Å². The quantitative estimate of drug-likeness (QED) is 0.674. The molecule has 0 N–H and O–H groups in total. The molecule has 0 heterocycles. The van der Waals surface area contributed by atoms with Crippen LogP contribution in [0.1, 0.15) is 17.3 Å². The molecule has 0 atom stereocenters. The van der Waals surface area contributed by atoms with Gasteiger partial charge in [0.05, 0.1) is 24.5 Å². The second-order valence-electron chi connectivity index (χ2n) is 3.94. The molecule has 0 radical (unpaired) electrons. The van der Waals surface area contributed by atoms with Crippen LogP contribution in [0.2, 0.25) is 0 Å². The molecule has 0 aromatic heterocycles. The fraction of sp³-hybridized carbons (Fsp3) is 0.462. The van der Waals surface area contributed by atoms with Crippen molar-refractivity contribution < 1.29 is 22.7 Å². The van der Waals surface area contributed by atoms with Crippen molar-refractivity contribution >= 4 is 15.6 Å². The van der Waals surface area contributed by atoms with Crippen molar-refractivity contribution in [1.29, 1.82) is 0 Å². The van der Waals surface area contributed by atoms with E-state index >= 15 is 0 Å². The highest BCUT2D eigenvalue weighted by Crippen LogP contribution is 2.19. The highest BCUT2D eigenvalue weighted by atomic mass is 32.2. The summed E-state index contributed by atoms with van der Waals surface area (Å²) in [5.41, 5.74) is 0.297. The van der Waals surface area contributed by atoms with Crippen molar-refractivity contribution in [3.63, 3.8) is 0 Å². The third-order valence-electron chi connectivity index (χ3n) is 2.44. The largest absolute Gasteiger partial charge is 0.493 e. The summed E-state index contributed by atoms with van der Waals surface area (Å²) in [5.74, 6) is -0.732. The standard InChI is InChI=1S/C13H18O5S/c1-3-18-13-7-5-4-6-11(13)12(14)10-19(15,16)9-8-17-2/h4-7H,3,8-10H2,1-2H3. The average molecular weight is 286 g/mol. The number of methoxy groups -OCH3 is 1. The molecule has 0 fully saturated rings. The number of ketones is 1. The number of rotatable bonds is 8. The lowest BCUT2D eigenvalue weighted by molar-refractivity contribution is 0.101. The lowest BCUT2D eigenvalue weighted by Crippen LogP contribution is -2.21. The van der Waals surface area contributed by atoms with Gasteiger partial charge in [0.1, 0.15) is 11.5 Å². The summed E-state index contributed by atoms with van der Waals surface area (Å²) in [6.45, 7) is 2.31. The minimum atomic E-state index is -3.45. The Balaban J connectivity index is 2.84. The molecule has 0 aliphatic carbocycles. The number of hydrogen-bond donors (Lipinski definition) is 0. The third kappa shape index (κ3) is 5.00. The van der Waals surface area contributed by atoms with Gasteiger partial charge in [-0.15, -0.1) is 0 Å². The van der Waals surface area contributed by atoms with Gasteiger partial charge in [-0.05, 0) is 19.1 Å². The lowest BCUT2D eigenvalue weighted by Gasteiger charge is -2.09. The van der Waals surface area contributed by atoms with E-state index in [1.807, 2.05) is 0 Å². The predicted octanol–water partition coefficient (Wildman–Crippen LogP) is 1.33. The Morgan fingerprint density at radius 2 is 1.95 bits per heavy atom. The zero-order chi connectivity index (χ0) is 14.3. The van der Waals surface area contributed by atoms with Crippen LogP contribution in [0.4, 0.5) is 0 Å². The maximum atomic E-state index is 12.0. The molecule has 0 spiro atoms. The first-order valence-electron chi connectivity index (χ1n) is 5.94. The fourth-order valence-electron chi connectivity index (χ4n) is 1.54. The van der Waals surface area contributed by atoms with E-state index in [1.54, 1.807) is 31.2 Å². The lowest BCUT2D eigenvalue weighted by atomic mass is 10.1. The number of Topliss-reactive ketones (excluding diaryl/α,β-unsaturated/α-hetero) is 1. The Bertz CT molecular complexity index is 522. The van der Waals surface area contributed by atoms with Crippen LogP contribution in [-0.4, -0.2) is 46.0 Å². The van der Waals surface area contributed by atoms with Gasteiger partial charge in [-0.3, -0.25) is 4.79 Å². The van der Waals surface area contributed by atoms with Crippen molar-refractivity contribution in [2.45, 2.75) is 6.92 Å². The van der Waals surface area contributed by atoms with Crippen molar-refractivity contribution in [1.82, 2.24) is 0 Å². The highest BCUT2D eigenvalue weighted by molar-refractivity contribution is 7.92. The summed E-state index contributed by atoms with van der Waals surface area (Å²) in [6, 6.07) is 6.64. The molecule has 1 aromatic rings. The first-order chi connectivity index (χ1) is 9.00. The van der Waals surface area contributed by atoms with E-state index in [1.165, 1.54) is 7.11 Å². The van der Waals surface area contributed by atoms with Gasteiger partial charge in [0.25, 0.3) is 0 Å². The second-order valence-corrected chi connectivity index (χ2v) is 6.12. The van der Waals surface area contributed by atoms with E-state index in [9.17, 15) is 13.2 Å². The molecular weight excluding hydrogens is 268 g/mol. The monoisotopic (exact) mass is 286 g/mol. The fourth-order valence-corrected chi connectivity index (χ4v) is 2.66. The number of sulfone groups is 1. The van der Waals surface area contributed by atoms with Gasteiger partial charge in [0, 0.05) is 7.11 Å². The van der Waals surface area contributed by atoms with Crippen molar-refractivity contribution in [2.24, 2.45) is 0 Å². The van der Waals surface area contributed by atoms with E-state index in [0.29, 0.717) is 17.9 Å². The van der Waals surface area contributed by atoms with Crippen molar-refractivity contribution in [3.05, 3.63) is 29.8 Å². The smallest absolute Gasteiger partial charge is 0.181 e. The normalized spacial score (nSPS) is 11.3. The summed E-state index contributed by atoms with van der Waals surface area (Å²) in [6.07, 6.45) is 0. The minimum absolute atomic E-state index is 0.0860. The number of ether oxygens (including phenoxy) is 2. The Morgan fingerprint density at radius 3 is 2.58 bits per heavy atom. The summed E-state index contributed by atoms with van der Waals surface area (Å²) < 4.78 is 33.4. The number of para-hydroxylation sites is 1. The zero-order valence-electron chi connectivity index (χ0n) is 11.1. The summed E-state index contributed by atoms with van der Waals surface area (Å²) in [7, 11) is -2.03. The Hall–Kier alpha value is -1.40. The first kappa shape index (κ1) is 15.7. The molecule has 6 heteroatoms. The van der Waals surface area contributed by atoms with Crippen LogP contribution in [0.15, 0.2) is 24.3 Å². The molecule has 0 saturated heterocycles. The number of hydrogen-bond acceptors (Lipinski definition) is 5. The topological polar surface area (TPSA) is 69.7 Å². The number of carbonyl (C=O) groups is 1. The Labute approximate surface area is 113 Å². The van der Waals surface area contributed by atoms with Crippen molar-refractivity contribution in [3.8, 4) is 5.75 Å². The van der Waals surface area contributed by atoms with E-state index in [4.69, 9.17) is 9.47 Å². The van der Waals surface area contributed by atoms with Crippen LogP contribution in [0.5, 0.6) is 5.75 Å². The summed E-state index contributed by atoms with van der Waals surface area (Å²) in [4.78, 5) is 12.0. The molecular formula is C13H18O5S. The maximum Gasteiger partial charge on any atom is 0.181 e. The van der Waals surface area contributed by atoms with Crippen molar-refractivity contribution in [2.75, 3.05) is 31.8 Å². The molecule has 0 saturated carbocycles. The molecule has 0 aliphatic heterocycles. The minimum Gasteiger partial charge on any atom is -0.493 e. The molecule has 106 valence electrons. The van der Waals surface area contributed by atoms with Gasteiger partial charge in [0.2, 0.25) is 0 Å². The molecule has 1 rings (SSSR count). The predicted molar refractivity (Wildman–Crippen MR) is 72.5 cm³/mol. The van der Waals surface area contributed by atoms with Crippen LogP contribution in [0, 0.1) is 0 Å². The van der Waals surface area contributed by atoms with Crippen LogP contribution in [0.3, 0.4) is 0 Å². The molecule has 5 nitrogen and oxygen atoms in total. The first-order valence-corrected chi connectivity index (χ1v) is 7.76. The molecule has 0 unspecified atom stereocenters. The molecule has 0 amide bonds. The maximum absolute atomic E-state index is 12.0. The van der Waals surface area contributed by atoms with Gasteiger partial charge in [-0.1, -0.05) is 12.1 Å². The van der Waals surface area contributed by atoms with Gasteiger partial charge in [-0.25, -0.2) is 8.42 Å². The second kappa shape index (κ2) is 7.25. The summed E-state index contributed by atoms with van der Waals surface area (Å²) >= 11 is 0. The Morgan fingerprint density at radius 1 is 1.26 bits per heavy atom. The van der Waals surface area contributed by atoms with Crippen LogP contribution >= 0.6 is 0 Å². The van der Waals surface area contributed by atoms with Crippen LogP contribution in [0.25, 0.3) is 0 Å². The molecule has 1 aromatic carbocycles. The average Bonchev–Trinajstić information content (AvgIpc) is 2.37. The van der Waals surface area contributed by atoms with Crippen LogP contribution in [-0.2, 0) is 14.6 Å². The zero-order valence-corrected chi connectivity index (χ0v) is 11.9. The molecule has 0 bridgehead atoms. The summed E-state index contributed by atoms with van der Waals surface area (Å²) in [5, 5.41) is 0. The SMILES string of the molecule is CCOc1ccccc1C(=O)CS(=O)(=O)CCOC. The van der Waals surface area contributed by atoms with Gasteiger partial charge < -0.3 is 9.47 Å². The van der Waals surface area contributed by atoms with Gasteiger partial charge in [0.15, 0.2) is 15.6 Å². The Kier molecular flexibility index (Phi) is 5.98. The third-order valence-corrected chi connectivity index (χ3v) is 3.93.